The van der Waals surface area contributed by atoms with Gasteiger partial charge in [-0.15, -0.1) is 0 Å². The van der Waals surface area contributed by atoms with Gasteiger partial charge >= 0.3 is 0 Å². The summed E-state index contributed by atoms with van der Waals surface area (Å²) in [7, 11) is 2.08. The summed E-state index contributed by atoms with van der Waals surface area (Å²) in [6, 6.07) is 13.1. The third-order valence-electron chi connectivity index (χ3n) is 6.28. The van der Waals surface area contributed by atoms with Gasteiger partial charge in [0.15, 0.2) is 0 Å². The van der Waals surface area contributed by atoms with Crippen molar-refractivity contribution < 1.29 is 0 Å². The Morgan fingerprint density at radius 1 is 1.04 bits per heavy atom. The van der Waals surface area contributed by atoms with Crippen molar-refractivity contribution in [3.8, 4) is 0 Å². The largest absolute Gasteiger partial charge is 0.339 e. The minimum Gasteiger partial charge on any atom is -0.339 e. The van der Waals surface area contributed by atoms with E-state index in [0.717, 1.165) is 32.0 Å². The summed E-state index contributed by atoms with van der Waals surface area (Å²) in [6.45, 7) is 4.21. The maximum absolute atomic E-state index is 4.49. The molecule has 3 aromatic rings. The Labute approximate surface area is 160 Å². The summed E-state index contributed by atoms with van der Waals surface area (Å²) in [5.41, 5.74) is 4.29. The Balaban J connectivity index is 1.39. The number of hydrogen-bond acceptors (Lipinski definition) is 4. The van der Waals surface area contributed by atoms with Crippen LogP contribution in [0.1, 0.15) is 24.2 Å². The minimum absolute atomic E-state index is 0.241. The fourth-order valence-corrected chi connectivity index (χ4v) is 4.69. The number of piperidine rings is 1. The average molecular weight is 359 g/mol. The number of aryl methyl sites for hydroxylation is 1. The van der Waals surface area contributed by atoms with Crippen molar-refractivity contribution in [2.24, 2.45) is 7.05 Å². The van der Waals surface area contributed by atoms with E-state index in [-0.39, 0.29) is 5.41 Å². The van der Waals surface area contributed by atoms with Crippen molar-refractivity contribution in [2.45, 2.75) is 24.8 Å². The Morgan fingerprint density at radius 3 is 2.63 bits per heavy atom. The molecule has 27 heavy (non-hydrogen) atoms. The lowest BCUT2D eigenvalue weighted by Gasteiger charge is -2.39. The molecule has 0 bridgehead atoms. The number of nitrogens with zero attached hydrogens (tertiary/aromatic N) is 5. The molecule has 1 spiro atoms. The smallest absolute Gasteiger partial charge is 0.122 e. The predicted octanol–water partition coefficient (Wildman–Crippen LogP) is 3.50. The number of pyridine rings is 1. The molecule has 2 aliphatic rings. The third kappa shape index (κ3) is 2.82. The second-order valence-electron chi connectivity index (χ2n) is 7.83. The number of likely N-dealkylation sites (tertiary alicyclic amines) is 1. The zero-order valence-corrected chi connectivity index (χ0v) is 15.8. The van der Waals surface area contributed by atoms with Crippen LogP contribution in [0, 0.1) is 0 Å². The normalized spacial score (nSPS) is 18.8. The molecular formula is C22H25N5. The summed E-state index contributed by atoms with van der Waals surface area (Å²) in [5.74, 6) is 1.15. The first-order valence-corrected chi connectivity index (χ1v) is 9.71. The number of anilines is 2. The molecule has 0 amide bonds. The number of rotatable bonds is 3. The van der Waals surface area contributed by atoms with E-state index in [0.29, 0.717) is 0 Å². The van der Waals surface area contributed by atoms with E-state index in [4.69, 9.17) is 0 Å². The van der Waals surface area contributed by atoms with Crippen molar-refractivity contribution in [3.63, 3.8) is 0 Å². The average Bonchev–Trinajstić information content (AvgIpc) is 3.26. The first kappa shape index (κ1) is 16.5. The van der Waals surface area contributed by atoms with Gasteiger partial charge in [0.1, 0.15) is 5.82 Å². The van der Waals surface area contributed by atoms with Gasteiger partial charge in [-0.2, -0.15) is 0 Å². The molecule has 2 aliphatic heterocycles. The summed E-state index contributed by atoms with van der Waals surface area (Å²) < 4.78 is 2.12. The van der Waals surface area contributed by atoms with Crippen LogP contribution in [0.3, 0.4) is 0 Å². The molecular weight excluding hydrogens is 334 g/mol. The van der Waals surface area contributed by atoms with Crippen LogP contribution in [0.5, 0.6) is 0 Å². The number of benzene rings is 1. The fourth-order valence-electron chi connectivity index (χ4n) is 4.69. The highest BCUT2D eigenvalue weighted by molar-refractivity contribution is 5.72. The SMILES string of the molecule is Cn1ccnc1CN1CCC2(CC1)CN(c1cccnc1)c1ccccc12. The molecule has 5 heteroatoms. The molecule has 0 radical (unpaired) electrons. The maximum atomic E-state index is 4.49. The van der Waals surface area contributed by atoms with E-state index in [1.807, 2.05) is 30.9 Å². The van der Waals surface area contributed by atoms with Crippen molar-refractivity contribution >= 4 is 11.4 Å². The van der Waals surface area contributed by atoms with Crippen LogP contribution in [0.2, 0.25) is 0 Å². The van der Waals surface area contributed by atoms with E-state index < -0.39 is 0 Å². The standard InChI is InChI=1S/C22H25N5/c1-25-14-11-24-21(25)16-26-12-8-22(9-13-26)17-27(18-5-4-10-23-15-18)20-7-3-2-6-19(20)22/h2-7,10-11,14-15H,8-9,12-13,16-17H2,1H3. The van der Waals surface area contributed by atoms with Crippen LogP contribution in [-0.2, 0) is 19.0 Å². The zero-order chi connectivity index (χ0) is 18.3. The Hall–Kier alpha value is -2.66. The lowest BCUT2D eigenvalue weighted by atomic mass is 9.74. The van der Waals surface area contributed by atoms with Crippen molar-refractivity contribution in [1.82, 2.24) is 19.4 Å². The number of hydrogen-bond donors (Lipinski definition) is 0. The minimum atomic E-state index is 0.241. The van der Waals surface area contributed by atoms with Gasteiger partial charge in [-0.1, -0.05) is 18.2 Å². The van der Waals surface area contributed by atoms with Crippen LogP contribution in [0.25, 0.3) is 0 Å². The lowest BCUT2D eigenvalue weighted by Crippen LogP contribution is -2.44. The molecule has 5 nitrogen and oxygen atoms in total. The summed E-state index contributed by atoms with van der Waals surface area (Å²) >= 11 is 0. The van der Waals surface area contributed by atoms with Gasteiger partial charge in [-0.3, -0.25) is 9.88 Å². The molecule has 5 rings (SSSR count). The van der Waals surface area contributed by atoms with Crippen LogP contribution >= 0.6 is 0 Å². The number of fused-ring (bicyclic) bond motifs is 2. The highest BCUT2D eigenvalue weighted by atomic mass is 15.2. The van der Waals surface area contributed by atoms with Gasteiger partial charge in [0.2, 0.25) is 0 Å². The number of para-hydroxylation sites is 1. The van der Waals surface area contributed by atoms with Gasteiger partial charge in [-0.25, -0.2) is 4.98 Å². The van der Waals surface area contributed by atoms with Crippen molar-refractivity contribution in [3.05, 3.63) is 72.6 Å². The molecule has 2 aromatic heterocycles. The lowest BCUT2D eigenvalue weighted by molar-refractivity contribution is 0.156. The molecule has 138 valence electrons. The van der Waals surface area contributed by atoms with E-state index >= 15 is 0 Å². The van der Waals surface area contributed by atoms with E-state index in [1.165, 1.54) is 29.8 Å². The highest BCUT2D eigenvalue weighted by Crippen LogP contribution is 2.49. The second kappa shape index (κ2) is 6.50. The molecule has 0 N–H and O–H groups in total. The molecule has 0 aliphatic carbocycles. The van der Waals surface area contributed by atoms with E-state index in [9.17, 15) is 0 Å². The zero-order valence-electron chi connectivity index (χ0n) is 15.8. The summed E-state index contributed by atoms with van der Waals surface area (Å²) in [4.78, 5) is 13.8. The number of imidazole rings is 1. The monoisotopic (exact) mass is 359 g/mol. The second-order valence-corrected chi connectivity index (χ2v) is 7.83. The molecule has 1 saturated heterocycles. The Bertz CT molecular complexity index is 925. The van der Waals surface area contributed by atoms with Crippen molar-refractivity contribution in [2.75, 3.05) is 24.5 Å². The fraction of sp³-hybridized carbons (Fsp3) is 0.364. The quantitative estimate of drug-likeness (QED) is 0.717. The van der Waals surface area contributed by atoms with Crippen LogP contribution in [0.4, 0.5) is 11.4 Å². The first-order valence-electron chi connectivity index (χ1n) is 9.71. The van der Waals surface area contributed by atoms with Gasteiger partial charge < -0.3 is 9.47 Å². The first-order chi connectivity index (χ1) is 13.3. The van der Waals surface area contributed by atoms with Gasteiger partial charge in [0, 0.05) is 43.3 Å². The van der Waals surface area contributed by atoms with Gasteiger partial charge in [0.05, 0.1) is 18.4 Å². The molecule has 4 heterocycles. The predicted molar refractivity (Wildman–Crippen MR) is 107 cm³/mol. The third-order valence-corrected chi connectivity index (χ3v) is 6.28. The highest BCUT2D eigenvalue weighted by Gasteiger charge is 2.44. The van der Waals surface area contributed by atoms with Crippen LogP contribution in [0.15, 0.2) is 61.2 Å². The summed E-state index contributed by atoms with van der Waals surface area (Å²) in [6.07, 6.45) is 10.1. The Kier molecular flexibility index (Phi) is 3.97. The van der Waals surface area contributed by atoms with Crippen LogP contribution < -0.4 is 4.90 Å². The number of aromatic nitrogens is 3. The molecule has 1 fully saturated rings. The van der Waals surface area contributed by atoms with Crippen LogP contribution in [-0.4, -0.2) is 39.1 Å². The Morgan fingerprint density at radius 2 is 1.89 bits per heavy atom. The van der Waals surface area contributed by atoms with E-state index in [2.05, 4.69) is 61.7 Å². The van der Waals surface area contributed by atoms with Crippen molar-refractivity contribution in [1.29, 1.82) is 0 Å². The molecule has 0 unspecified atom stereocenters. The maximum Gasteiger partial charge on any atom is 0.122 e. The van der Waals surface area contributed by atoms with Gasteiger partial charge in [-0.05, 0) is 49.7 Å². The molecule has 0 saturated carbocycles. The van der Waals surface area contributed by atoms with Gasteiger partial charge in [0.25, 0.3) is 0 Å². The topological polar surface area (TPSA) is 37.2 Å². The molecule has 1 aromatic carbocycles. The molecule has 0 atom stereocenters. The van der Waals surface area contributed by atoms with E-state index in [1.54, 1.807) is 0 Å². The summed E-state index contributed by atoms with van der Waals surface area (Å²) in [5, 5.41) is 0.